The number of rotatable bonds is 4. The van der Waals surface area contributed by atoms with Gasteiger partial charge in [-0.1, -0.05) is 12.1 Å². The Labute approximate surface area is 89.0 Å². The van der Waals surface area contributed by atoms with Crippen LogP contribution in [-0.2, 0) is 16.0 Å². The molecule has 0 heterocycles. The minimum Gasteiger partial charge on any atom is -0.490 e. The van der Waals surface area contributed by atoms with Gasteiger partial charge in [-0.2, -0.15) is 0 Å². The number of benzene rings is 1. The predicted molar refractivity (Wildman–Crippen MR) is 55.8 cm³/mol. The van der Waals surface area contributed by atoms with Crippen LogP contribution in [0.2, 0.25) is 0 Å². The molecule has 1 fully saturated rings. The molecule has 0 saturated heterocycles. The molecule has 1 aromatic rings. The highest BCUT2D eigenvalue weighted by Gasteiger charge is 2.23. The number of methoxy groups -OCH3 is 1. The summed E-state index contributed by atoms with van der Waals surface area (Å²) >= 11 is 0. The molecule has 0 amide bonds. The van der Waals surface area contributed by atoms with Crippen LogP contribution in [0.1, 0.15) is 18.4 Å². The Morgan fingerprint density at radius 2 is 2.00 bits per heavy atom. The van der Waals surface area contributed by atoms with E-state index in [1.807, 2.05) is 24.3 Å². The van der Waals surface area contributed by atoms with Crippen molar-refractivity contribution in [2.45, 2.75) is 25.4 Å². The zero-order valence-electron chi connectivity index (χ0n) is 8.73. The lowest BCUT2D eigenvalue weighted by Gasteiger charge is -2.05. The second-order valence-corrected chi connectivity index (χ2v) is 3.71. The number of carbonyl (C=O) groups is 1. The molecule has 0 atom stereocenters. The molecule has 2 rings (SSSR count). The highest BCUT2D eigenvalue weighted by atomic mass is 16.5. The Hall–Kier alpha value is -1.51. The van der Waals surface area contributed by atoms with E-state index in [2.05, 4.69) is 4.74 Å². The average Bonchev–Trinajstić information content (AvgIpc) is 3.05. The summed E-state index contributed by atoms with van der Waals surface area (Å²) in [5.74, 6) is 0.664. The Morgan fingerprint density at radius 1 is 1.33 bits per heavy atom. The minimum absolute atomic E-state index is 0.217. The topological polar surface area (TPSA) is 35.5 Å². The molecule has 0 N–H and O–H groups in total. The number of carbonyl (C=O) groups excluding carboxylic acids is 1. The summed E-state index contributed by atoms with van der Waals surface area (Å²) in [6, 6.07) is 7.59. The van der Waals surface area contributed by atoms with E-state index in [9.17, 15) is 4.79 Å². The lowest BCUT2D eigenvalue weighted by molar-refractivity contribution is -0.139. The Kier molecular flexibility index (Phi) is 2.90. The quantitative estimate of drug-likeness (QED) is 0.706. The molecule has 3 heteroatoms. The largest absolute Gasteiger partial charge is 0.490 e. The maximum atomic E-state index is 11.0. The van der Waals surface area contributed by atoms with Gasteiger partial charge in [0.25, 0.3) is 0 Å². The summed E-state index contributed by atoms with van der Waals surface area (Å²) in [4.78, 5) is 11.0. The van der Waals surface area contributed by atoms with Crippen molar-refractivity contribution < 1.29 is 14.3 Å². The molecule has 1 aliphatic carbocycles. The summed E-state index contributed by atoms with van der Waals surface area (Å²) in [6.45, 7) is 0. The number of ether oxygens (including phenoxy) is 2. The third-order valence-electron chi connectivity index (χ3n) is 2.33. The van der Waals surface area contributed by atoms with Gasteiger partial charge in [-0.25, -0.2) is 0 Å². The molecule has 0 unspecified atom stereocenters. The molecule has 0 spiro atoms. The van der Waals surface area contributed by atoms with Crippen LogP contribution in [0.4, 0.5) is 0 Å². The lowest BCUT2D eigenvalue weighted by atomic mass is 10.1. The maximum absolute atomic E-state index is 11.0. The monoisotopic (exact) mass is 206 g/mol. The van der Waals surface area contributed by atoms with E-state index >= 15 is 0 Å². The van der Waals surface area contributed by atoms with Crippen LogP contribution in [0.25, 0.3) is 0 Å². The van der Waals surface area contributed by atoms with Gasteiger partial charge in [0, 0.05) is 0 Å². The first-order valence-electron chi connectivity index (χ1n) is 5.10. The van der Waals surface area contributed by atoms with Gasteiger partial charge in [0.15, 0.2) is 0 Å². The smallest absolute Gasteiger partial charge is 0.309 e. The standard InChI is InChI=1S/C12H14O3/c1-14-12(13)8-9-2-4-10(5-3-9)15-11-6-7-11/h2-5,11H,6-8H2,1H3. The predicted octanol–water partition coefficient (Wildman–Crippen LogP) is 1.94. The summed E-state index contributed by atoms with van der Waals surface area (Å²) in [6.07, 6.45) is 3.05. The van der Waals surface area contributed by atoms with Crippen molar-refractivity contribution in [1.29, 1.82) is 0 Å². The number of esters is 1. The van der Waals surface area contributed by atoms with Crippen molar-refractivity contribution in [3.05, 3.63) is 29.8 Å². The normalized spacial score (nSPS) is 14.7. The van der Waals surface area contributed by atoms with Crippen LogP contribution in [0.5, 0.6) is 5.75 Å². The van der Waals surface area contributed by atoms with E-state index in [4.69, 9.17) is 4.74 Å². The third kappa shape index (κ3) is 2.98. The van der Waals surface area contributed by atoms with Gasteiger partial charge >= 0.3 is 5.97 Å². The molecular weight excluding hydrogens is 192 g/mol. The van der Waals surface area contributed by atoms with Crippen LogP contribution < -0.4 is 4.74 Å². The van der Waals surface area contributed by atoms with E-state index in [1.165, 1.54) is 7.11 Å². The number of hydrogen-bond acceptors (Lipinski definition) is 3. The van der Waals surface area contributed by atoms with E-state index < -0.39 is 0 Å². The lowest BCUT2D eigenvalue weighted by Crippen LogP contribution is -2.04. The zero-order chi connectivity index (χ0) is 10.7. The van der Waals surface area contributed by atoms with Gasteiger partial charge in [-0.3, -0.25) is 4.79 Å². The molecule has 0 radical (unpaired) electrons. The zero-order valence-corrected chi connectivity index (χ0v) is 8.73. The van der Waals surface area contributed by atoms with Crippen LogP contribution in [0, 0.1) is 0 Å². The summed E-state index contributed by atoms with van der Waals surface area (Å²) in [5.41, 5.74) is 0.949. The fraction of sp³-hybridized carbons (Fsp3) is 0.417. The summed E-state index contributed by atoms with van der Waals surface area (Å²) in [7, 11) is 1.40. The Balaban J connectivity index is 1.93. The van der Waals surface area contributed by atoms with Gasteiger partial charge in [-0.05, 0) is 30.5 Å². The van der Waals surface area contributed by atoms with Crippen LogP contribution in [0.15, 0.2) is 24.3 Å². The van der Waals surface area contributed by atoms with Crippen LogP contribution in [0.3, 0.4) is 0 Å². The Morgan fingerprint density at radius 3 is 2.53 bits per heavy atom. The fourth-order valence-electron chi connectivity index (χ4n) is 1.30. The molecule has 1 aliphatic rings. The van der Waals surface area contributed by atoms with Crippen LogP contribution in [-0.4, -0.2) is 19.2 Å². The molecule has 0 aliphatic heterocycles. The van der Waals surface area contributed by atoms with Crippen molar-refractivity contribution in [2.75, 3.05) is 7.11 Å². The van der Waals surface area contributed by atoms with E-state index in [0.29, 0.717) is 12.5 Å². The third-order valence-corrected chi connectivity index (χ3v) is 2.33. The van der Waals surface area contributed by atoms with Gasteiger partial charge in [0.1, 0.15) is 5.75 Å². The van der Waals surface area contributed by atoms with Gasteiger partial charge in [0.2, 0.25) is 0 Å². The first-order valence-corrected chi connectivity index (χ1v) is 5.10. The summed E-state index contributed by atoms with van der Waals surface area (Å²) < 4.78 is 10.2. The SMILES string of the molecule is COC(=O)Cc1ccc(OC2CC2)cc1. The van der Waals surface area contributed by atoms with Crippen LogP contribution >= 0.6 is 0 Å². The molecule has 80 valence electrons. The van der Waals surface area contributed by atoms with Gasteiger partial charge in [0.05, 0.1) is 19.6 Å². The first kappa shape index (κ1) is 10.0. The highest BCUT2D eigenvalue weighted by molar-refractivity contribution is 5.72. The van der Waals surface area contributed by atoms with E-state index in [1.54, 1.807) is 0 Å². The molecule has 0 bridgehead atoms. The molecular formula is C12H14O3. The highest BCUT2D eigenvalue weighted by Crippen LogP contribution is 2.26. The first-order chi connectivity index (χ1) is 7.28. The molecule has 15 heavy (non-hydrogen) atoms. The fourth-order valence-corrected chi connectivity index (χ4v) is 1.30. The summed E-state index contributed by atoms with van der Waals surface area (Å²) in [5, 5.41) is 0. The van der Waals surface area contributed by atoms with Crippen molar-refractivity contribution in [1.82, 2.24) is 0 Å². The minimum atomic E-state index is -0.217. The second-order valence-electron chi connectivity index (χ2n) is 3.71. The molecule has 1 saturated carbocycles. The second kappa shape index (κ2) is 4.34. The maximum Gasteiger partial charge on any atom is 0.309 e. The van der Waals surface area contributed by atoms with Crippen molar-refractivity contribution in [3.8, 4) is 5.75 Å². The van der Waals surface area contributed by atoms with E-state index in [0.717, 1.165) is 24.2 Å². The molecule has 0 aromatic heterocycles. The van der Waals surface area contributed by atoms with Gasteiger partial charge < -0.3 is 9.47 Å². The number of hydrogen-bond donors (Lipinski definition) is 0. The van der Waals surface area contributed by atoms with E-state index in [-0.39, 0.29) is 5.97 Å². The average molecular weight is 206 g/mol. The van der Waals surface area contributed by atoms with Crippen molar-refractivity contribution >= 4 is 5.97 Å². The Bertz CT molecular complexity index is 338. The van der Waals surface area contributed by atoms with Crippen molar-refractivity contribution in [3.63, 3.8) is 0 Å². The molecule has 3 nitrogen and oxygen atoms in total. The van der Waals surface area contributed by atoms with Crippen molar-refractivity contribution in [2.24, 2.45) is 0 Å². The molecule has 1 aromatic carbocycles. The van der Waals surface area contributed by atoms with Gasteiger partial charge in [-0.15, -0.1) is 0 Å².